The Bertz CT molecular complexity index is 2570. The van der Waals surface area contributed by atoms with Crippen LogP contribution in [-0.2, 0) is 0 Å². The number of aromatic nitrogens is 4. The summed E-state index contributed by atoms with van der Waals surface area (Å²) >= 11 is 7.60. The number of fused-ring (bicyclic) bond motifs is 2. The molecular formula is C37H24ClF3N4O3S. The largest absolute Gasteiger partial charge is 0.493 e. The molecular weight excluding hydrogens is 673 g/mol. The van der Waals surface area contributed by atoms with Crippen molar-refractivity contribution in [3.8, 4) is 61.2 Å². The average Bonchev–Trinajstić information content (AvgIpc) is 3.89. The fourth-order valence-corrected chi connectivity index (χ4v) is 7.19. The third-order valence-electron chi connectivity index (χ3n) is 8.36. The number of rotatable bonds is 7. The minimum atomic E-state index is -0.859. The SMILES string of the molecule is COc1c(F)cc(-n2cc(-c3cc(F)cc(F)c3OC)c3cc(-c4ccc(Cl)s4)cnc32)cc1-c1c[nH]c2ncc(-c3ccc(C)o3)cc12. The number of nitrogens with one attached hydrogen (secondary N) is 1. The van der Waals surface area contributed by atoms with Crippen molar-refractivity contribution in [1.29, 1.82) is 0 Å². The number of nitrogens with zero attached hydrogens (tertiary/aromatic N) is 3. The van der Waals surface area contributed by atoms with Crippen molar-refractivity contribution in [2.75, 3.05) is 14.2 Å². The summed E-state index contributed by atoms with van der Waals surface area (Å²) in [5, 5.41) is 1.27. The van der Waals surface area contributed by atoms with Crippen LogP contribution in [0.15, 0.2) is 89.9 Å². The zero-order valence-corrected chi connectivity index (χ0v) is 27.6. The van der Waals surface area contributed by atoms with Crippen LogP contribution in [0.5, 0.6) is 11.5 Å². The number of methoxy groups -OCH3 is 2. The van der Waals surface area contributed by atoms with E-state index in [-0.39, 0.29) is 17.1 Å². The number of hydrogen-bond acceptors (Lipinski definition) is 6. The molecule has 244 valence electrons. The zero-order valence-electron chi connectivity index (χ0n) is 26.1. The number of hydrogen-bond donors (Lipinski definition) is 1. The smallest absolute Gasteiger partial charge is 0.168 e. The quantitative estimate of drug-likeness (QED) is 0.179. The first-order valence-electron chi connectivity index (χ1n) is 14.9. The number of pyridine rings is 2. The summed E-state index contributed by atoms with van der Waals surface area (Å²) in [6, 6.07) is 16.2. The Morgan fingerprint density at radius 2 is 1.53 bits per heavy atom. The number of H-pyrrole nitrogens is 1. The molecule has 0 saturated heterocycles. The van der Waals surface area contributed by atoms with Crippen LogP contribution in [0.1, 0.15) is 5.76 Å². The summed E-state index contributed by atoms with van der Waals surface area (Å²) in [6.45, 7) is 1.86. The van der Waals surface area contributed by atoms with Gasteiger partial charge in [-0.25, -0.2) is 23.1 Å². The van der Waals surface area contributed by atoms with Crippen LogP contribution in [0, 0.1) is 24.4 Å². The summed E-state index contributed by atoms with van der Waals surface area (Å²) in [4.78, 5) is 13.4. The molecule has 0 aliphatic carbocycles. The highest BCUT2D eigenvalue weighted by molar-refractivity contribution is 7.19. The van der Waals surface area contributed by atoms with Gasteiger partial charge in [0.1, 0.15) is 28.6 Å². The molecule has 49 heavy (non-hydrogen) atoms. The third-order valence-corrected chi connectivity index (χ3v) is 9.64. The van der Waals surface area contributed by atoms with E-state index in [4.69, 9.17) is 30.5 Å². The highest BCUT2D eigenvalue weighted by atomic mass is 35.5. The normalized spacial score (nSPS) is 11.6. The Hall–Kier alpha value is -5.52. The summed E-state index contributed by atoms with van der Waals surface area (Å²) < 4.78 is 64.8. The van der Waals surface area contributed by atoms with Crippen molar-refractivity contribution >= 4 is 45.0 Å². The van der Waals surface area contributed by atoms with Gasteiger partial charge in [-0.1, -0.05) is 11.6 Å². The van der Waals surface area contributed by atoms with Crippen molar-refractivity contribution in [2.45, 2.75) is 6.92 Å². The molecule has 0 atom stereocenters. The van der Waals surface area contributed by atoms with Crippen LogP contribution in [0.25, 0.3) is 71.8 Å². The molecule has 0 amide bonds. The van der Waals surface area contributed by atoms with Gasteiger partial charge in [0.15, 0.2) is 23.1 Å². The van der Waals surface area contributed by atoms with Crippen molar-refractivity contribution in [3.05, 3.63) is 113 Å². The van der Waals surface area contributed by atoms with Crippen molar-refractivity contribution in [3.63, 3.8) is 0 Å². The summed E-state index contributed by atoms with van der Waals surface area (Å²) in [7, 11) is 2.72. The topological polar surface area (TPSA) is 78.1 Å². The van der Waals surface area contributed by atoms with Crippen molar-refractivity contribution in [1.82, 2.24) is 19.5 Å². The minimum absolute atomic E-state index is 0.0271. The summed E-state index contributed by atoms with van der Waals surface area (Å²) in [5.41, 5.74) is 4.57. The minimum Gasteiger partial charge on any atom is -0.493 e. The van der Waals surface area contributed by atoms with Crippen LogP contribution >= 0.6 is 22.9 Å². The van der Waals surface area contributed by atoms with Gasteiger partial charge < -0.3 is 23.4 Å². The van der Waals surface area contributed by atoms with Crippen LogP contribution in [0.3, 0.4) is 0 Å². The summed E-state index contributed by atoms with van der Waals surface area (Å²) in [5.74, 6) is -0.965. The lowest BCUT2D eigenvalue weighted by molar-refractivity contribution is 0.386. The molecule has 0 aliphatic rings. The molecule has 6 aromatic heterocycles. The molecule has 7 nitrogen and oxygen atoms in total. The molecule has 8 aromatic rings. The summed E-state index contributed by atoms with van der Waals surface area (Å²) in [6.07, 6.45) is 6.79. The molecule has 0 saturated carbocycles. The van der Waals surface area contributed by atoms with Crippen LogP contribution in [-0.4, -0.2) is 33.7 Å². The fraction of sp³-hybridized carbons (Fsp3) is 0.0811. The molecule has 12 heteroatoms. The molecule has 0 spiro atoms. The van der Waals surface area contributed by atoms with E-state index in [9.17, 15) is 4.39 Å². The van der Waals surface area contributed by atoms with E-state index in [1.165, 1.54) is 37.7 Å². The Labute approximate surface area is 286 Å². The molecule has 1 N–H and O–H groups in total. The van der Waals surface area contributed by atoms with Gasteiger partial charge in [0.05, 0.1) is 24.2 Å². The van der Waals surface area contributed by atoms with Gasteiger partial charge in [-0.3, -0.25) is 0 Å². The lowest BCUT2D eigenvalue weighted by atomic mass is 10.0. The second-order valence-electron chi connectivity index (χ2n) is 11.3. The fourth-order valence-electron chi connectivity index (χ4n) is 6.17. The Balaban J connectivity index is 1.36. The Morgan fingerprint density at radius 1 is 0.796 bits per heavy atom. The van der Waals surface area contributed by atoms with Crippen molar-refractivity contribution < 1.29 is 27.1 Å². The highest BCUT2D eigenvalue weighted by Gasteiger charge is 2.23. The molecule has 2 aromatic carbocycles. The predicted octanol–water partition coefficient (Wildman–Crippen LogP) is 10.6. The van der Waals surface area contributed by atoms with E-state index < -0.39 is 17.5 Å². The molecule has 0 radical (unpaired) electrons. The van der Waals surface area contributed by atoms with E-state index in [0.29, 0.717) is 49.2 Å². The monoisotopic (exact) mass is 696 g/mol. The Kier molecular flexibility index (Phi) is 7.46. The predicted molar refractivity (Wildman–Crippen MR) is 185 cm³/mol. The zero-order chi connectivity index (χ0) is 34.0. The van der Waals surface area contributed by atoms with Gasteiger partial charge in [-0.05, 0) is 55.5 Å². The van der Waals surface area contributed by atoms with Gasteiger partial charge in [0.25, 0.3) is 0 Å². The highest BCUT2D eigenvalue weighted by Crippen LogP contribution is 2.43. The molecule has 0 fully saturated rings. The molecule has 0 bridgehead atoms. The van der Waals surface area contributed by atoms with E-state index in [1.54, 1.807) is 41.5 Å². The van der Waals surface area contributed by atoms with E-state index in [2.05, 4.69) is 9.97 Å². The number of aromatic amines is 1. The van der Waals surface area contributed by atoms with Gasteiger partial charge in [0, 0.05) is 86.0 Å². The molecule has 0 aliphatic heterocycles. The molecule has 0 unspecified atom stereocenters. The first-order valence-corrected chi connectivity index (χ1v) is 16.1. The van der Waals surface area contributed by atoms with Crippen molar-refractivity contribution in [2.24, 2.45) is 0 Å². The van der Waals surface area contributed by atoms with Crippen LogP contribution in [0.4, 0.5) is 13.2 Å². The number of furan rings is 1. The second kappa shape index (κ2) is 11.9. The average molecular weight is 697 g/mol. The van der Waals surface area contributed by atoms with E-state index >= 15 is 8.78 Å². The maximum absolute atomic E-state index is 16.0. The first kappa shape index (κ1) is 30.8. The number of aryl methyl sites for hydroxylation is 1. The first-order chi connectivity index (χ1) is 23.7. The maximum Gasteiger partial charge on any atom is 0.168 e. The standard InChI is InChI=1S/C37H24ClF3N4O3S/c1-18-4-5-31(48-18)19-8-25-27(16-43-36(25)42-14-19)24-12-22(13-30(41)35(24)47-3)45-17-28(23-10-21(39)11-29(40)34(23)46-2)26-9-20(15-44-37(26)45)32-6-7-33(38)49-32/h4-17H,1-3H3,(H,42,43). The lowest BCUT2D eigenvalue weighted by Crippen LogP contribution is -1.99. The van der Waals surface area contributed by atoms with E-state index in [0.717, 1.165) is 33.2 Å². The lowest BCUT2D eigenvalue weighted by Gasteiger charge is -2.13. The number of halogens is 4. The van der Waals surface area contributed by atoms with Crippen LogP contribution in [0.2, 0.25) is 4.34 Å². The number of thiophene rings is 1. The number of benzene rings is 2. The second-order valence-corrected chi connectivity index (χ2v) is 13.0. The van der Waals surface area contributed by atoms with Gasteiger partial charge in [-0.2, -0.15) is 0 Å². The Morgan fingerprint density at radius 3 is 2.24 bits per heavy atom. The number of ether oxygens (including phenoxy) is 2. The van der Waals surface area contributed by atoms with E-state index in [1.807, 2.05) is 37.3 Å². The van der Waals surface area contributed by atoms with Gasteiger partial charge in [-0.15, -0.1) is 11.3 Å². The van der Waals surface area contributed by atoms with Crippen LogP contribution < -0.4 is 9.47 Å². The van der Waals surface area contributed by atoms with Gasteiger partial charge >= 0.3 is 0 Å². The van der Waals surface area contributed by atoms with Gasteiger partial charge in [0.2, 0.25) is 0 Å². The third kappa shape index (κ3) is 5.22. The molecule has 6 heterocycles. The molecule has 8 rings (SSSR count). The maximum atomic E-state index is 16.0.